The molecule has 1 aromatic heterocycles. The van der Waals surface area contributed by atoms with Gasteiger partial charge in [0.05, 0.1) is 29.8 Å². The van der Waals surface area contributed by atoms with Crippen molar-refractivity contribution in [1.29, 1.82) is 0 Å². The Kier molecular flexibility index (Phi) is 4.74. The third kappa shape index (κ3) is 3.44. The van der Waals surface area contributed by atoms with Gasteiger partial charge >= 0.3 is 5.97 Å². The van der Waals surface area contributed by atoms with E-state index >= 15 is 0 Å². The number of para-hydroxylation sites is 2. The second-order valence-corrected chi connectivity index (χ2v) is 6.20. The fraction of sp³-hybridized carbons (Fsp3) is 0.500. The lowest BCUT2D eigenvalue weighted by Gasteiger charge is -2.29. The highest BCUT2D eigenvalue weighted by molar-refractivity contribution is 5.76. The number of fused-ring (bicyclic) bond motifs is 1. The van der Waals surface area contributed by atoms with Gasteiger partial charge in [0.25, 0.3) is 0 Å². The van der Waals surface area contributed by atoms with E-state index in [9.17, 15) is 4.79 Å². The number of hydrogen-bond acceptors (Lipinski definition) is 5. The van der Waals surface area contributed by atoms with Crippen LogP contribution in [0.25, 0.3) is 11.0 Å². The Morgan fingerprint density at radius 3 is 2.65 bits per heavy atom. The Morgan fingerprint density at radius 2 is 1.91 bits per heavy atom. The van der Waals surface area contributed by atoms with Gasteiger partial charge < -0.3 is 10.1 Å². The minimum absolute atomic E-state index is 0.00466. The third-order valence-electron chi connectivity index (χ3n) is 4.69. The van der Waals surface area contributed by atoms with Gasteiger partial charge in [0.1, 0.15) is 5.82 Å². The Labute approximate surface area is 136 Å². The fourth-order valence-corrected chi connectivity index (χ4v) is 3.40. The standard InChI is InChI=1S/C18H23N3O2/c1-12-17(21-16-10-6-5-9-15(16)20-12)19-11-13-7-3-4-8-14(13)18(22)23-2/h5-6,9-10,13-14H,3-4,7-8,11H2,1-2H3,(H,19,21). The average molecular weight is 313 g/mol. The van der Waals surface area contributed by atoms with Gasteiger partial charge in [0.2, 0.25) is 0 Å². The van der Waals surface area contributed by atoms with E-state index in [1.807, 2.05) is 31.2 Å². The number of anilines is 1. The highest BCUT2D eigenvalue weighted by Crippen LogP contribution is 2.31. The van der Waals surface area contributed by atoms with Gasteiger partial charge in [0.15, 0.2) is 0 Å². The van der Waals surface area contributed by atoms with E-state index in [0.717, 1.165) is 48.4 Å². The maximum absolute atomic E-state index is 12.0. The van der Waals surface area contributed by atoms with Gasteiger partial charge in [-0.1, -0.05) is 25.0 Å². The molecule has 122 valence electrons. The molecule has 2 atom stereocenters. The normalized spacial score (nSPS) is 21.1. The van der Waals surface area contributed by atoms with E-state index in [1.165, 1.54) is 13.5 Å². The maximum Gasteiger partial charge on any atom is 0.309 e. The lowest BCUT2D eigenvalue weighted by molar-refractivity contribution is -0.148. The molecule has 2 unspecified atom stereocenters. The molecule has 0 aliphatic heterocycles. The van der Waals surface area contributed by atoms with Gasteiger partial charge in [0, 0.05) is 6.54 Å². The van der Waals surface area contributed by atoms with Crippen LogP contribution in [0.4, 0.5) is 5.82 Å². The molecule has 5 heteroatoms. The van der Waals surface area contributed by atoms with Gasteiger partial charge in [-0.05, 0) is 37.8 Å². The number of nitrogens with zero attached hydrogens (tertiary/aromatic N) is 2. The molecular formula is C18H23N3O2. The molecule has 0 saturated heterocycles. The zero-order valence-corrected chi connectivity index (χ0v) is 13.7. The highest BCUT2D eigenvalue weighted by Gasteiger charge is 2.31. The highest BCUT2D eigenvalue weighted by atomic mass is 16.5. The third-order valence-corrected chi connectivity index (χ3v) is 4.69. The summed E-state index contributed by atoms with van der Waals surface area (Å²) in [6.07, 6.45) is 4.24. The van der Waals surface area contributed by atoms with Crippen molar-refractivity contribution in [2.45, 2.75) is 32.6 Å². The number of methoxy groups -OCH3 is 1. The smallest absolute Gasteiger partial charge is 0.309 e. The molecule has 1 N–H and O–H groups in total. The number of ether oxygens (including phenoxy) is 1. The molecule has 1 saturated carbocycles. The molecule has 0 radical (unpaired) electrons. The second-order valence-electron chi connectivity index (χ2n) is 6.20. The van der Waals surface area contributed by atoms with Crippen LogP contribution in [-0.4, -0.2) is 29.6 Å². The summed E-state index contributed by atoms with van der Waals surface area (Å²) in [4.78, 5) is 21.2. The minimum Gasteiger partial charge on any atom is -0.469 e. The zero-order valence-electron chi connectivity index (χ0n) is 13.7. The number of carbonyl (C=O) groups excluding carboxylic acids is 1. The monoisotopic (exact) mass is 313 g/mol. The molecule has 1 aliphatic rings. The summed E-state index contributed by atoms with van der Waals surface area (Å²) in [6.45, 7) is 2.69. The van der Waals surface area contributed by atoms with Crippen molar-refractivity contribution in [3.8, 4) is 0 Å². The first-order valence-corrected chi connectivity index (χ1v) is 8.24. The Balaban J connectivity index is 1.74. The first-order chi connectivity index (χ1) is 11.2. The van der Waals surface area contributed by atoms with Crippen molar-refractivity contribution in [3.63, 3.8) is 0 Å². The summed E-state index contributed by atoms with van der Waals surface area (Å²) >= 11 is 0. The van der Waals surface area contributed by atoms with Crippen molar-refractivity contribution in [1.82, 2.24) is 9.97 Å². The van der Waals surface area contributed by atoms with Gasteiger partial charge in [-0.25, -0.2) is 9.97 Å². The topological polar surface area (TPSA) is 64.1 Å². The largest absolute Gasteiger partial charge is 0.469 e. The molecule has 3 rings (SSSR count). The van der Waals surface area contributed by atoms with E-state index < -0.39 is 0 Å². The number of esters is 1. The lowest BCUT2D eigenvalue weighted by Crippen LogP contribution is -2.33. The summed E-state index contributed by atoms with van der Waals surface area (Å²) < 4.78 is 4.96. The SMILES string of the molecule is COC(=O)C1CCCCC1CNc1nc2ccccc2nc1C. The first kappa shape index (κ1) is 15.7. The van der Waals surface area contributed by atoms with E-state index in [2.05, 4.69) is 15.3 Å². The number of rotatable bonds is 4. The lowest BCUT2D eigenvalue weighted by atomic mass is 9.79. The van der Waals surface area contributed by atoms with Crippen LogP contribution in [0.1, 0.15) is 31.4 Å². The van der Waals surface area contributed by atoms with E-state index in [0.29, 0.717) is 5.92 Å². The van der Waals surface area contributed by atoms with Crippen LogP contribution in [0, 0.1) is 18.8 Å². The molecule has 5 nitrogen and oxygen atoms in total. The predicted octanol–water partition coefficient (Wildman–Crippen LogP) is 3.33. The molecule has 2 aromatic rings. The van der Waals surface area contributed by atoms with Crippen molar-refractivity contribution >= 4 is 22.8 Å². The number of benzene rings is 1. The molecule has 1 heterocycles. The summed E-state index contributed by atoms with van der Waals surface area (Å²) in [7, 11) is 1.47. The Bertz CT molecular complexity index is 702. The predicted molar refractivity (Wildman–Crippen MR) is 90.2 cm³/mol. The van der Waals surface area contributed by atoms with Crippen LogP contribution < -0.4 is 5.32 Å². The molecule has 0 bridgehead atoms. The van der Waals surface area contributed by atoms with E-state index in [4.69, 9.17) is 4.74 Å². The van der Waals surface area contributed by atoms with Crippen molar-refractivity contribution < 1.29 is 9.53 Å². The quantitative estimate of drug-likeness (QED) is 0.877. The van der Waals surface area contributed by atoms with Gasteiger partial charge in [-0.15, -0.1) is 0 Å². The summed E-state index contributed by atoms with van der Waals surface area (Å²) in [5.74, 6) is 1.01. The Hall–Kier alpha value is -2.17. The summed E-state index contributed by atoms with van der Waals surface area (Å²) in [5.41, 5.74) is 2.67. The zero-order chi connectivity index (χ0) is 16.2. The van der Waals surface area contributed by atoms with Crippen molar-refractivity contribution in [3.05, 3.63) is 30.0 Å². The molecule has 0 spiro atoms. The van der Waals surface area contributed by atoms with Gasteiger partial charge in [-0.3, -0.25) is 4.79 Å². The van der Waals surface area contributed by atoms with E-state index in [1.54, 1.807) is 0 Å². The van der Waals surface area contributed by atoms with Crippen LogP contribution in [0.2, 0.25) is 0 Å². The molecule has 1 aliphatic carbocycles. The minimum atomic E-state index is -0.0854. The summed E-state index contributed by atoms with van der Waals surface area (Å²) in [5, 5.41) is 3.40. The Morgan fingerprint density at radius 1 is 1.22 bits per heavy atom. The van der Waals surface area contributed by atoms with Crippen LogP contribution in [0.3, 0.4) is 0 Å². The fourth-order valence-electron chi connectivity index (χ4n) is 3.40. The summed E-state index contributed by atoms with van der Waals surface area (Å²) in [6, 6.07) is 7.86. The first-order valence-electron chi connectivity index (χ1n) is 8.24. The number of aromatic nitrogens is 2. The molecule has 1 aromatic carbocycles. The molecule has 23 heavy (non-hydrogen) atoms. The molecular weight excluding hydrogens is 290 g/mol. The number of carbonyl (C=O) groups is 1. The van der Waals surface area contributed by atoms with Crippen molar-refractivity contribution in [2.75, 3.05) is 19.0 Å². The number of aryl methyl sites for hydroxylation is 1. The van der Waals surface area contributed by atoms with Crippen LogP contribution in [0.5, 0.6) is 0 Å². The van der Waals surface area contributed by atoms with Crippen LogP contribution in [-0.2, 0) is 9.53 Å². The second kappa shape index (κ2) is 6.94. The van der Waals surface area contributed by atoms with Crippen LogP contribution in [0.15, 0.2) is 24.3 Å². The van der Waals surface area contributed by atoms with E-state index in [-0.39, 0.29) is 11.9 Å². The van der Waals surface area contributed by atoms with Gasteiger partial charge in [-0.2, -0.15) is 0 Å². The number of hydrogen-bond donors (Lipinski definition) is 1. The maximum atomic E-state index is 12.0. The van der Waals surface area contributed by atoms with Crippen LogP contribution >= 0.6 is 0 Å². The number of nitrogens with one attached hydrogen (secondary N) is 1. The molecule has 1 fully saturated rings. The average Bonchev–Trinajstić information content (AvgIpc) is 2.59. The molecule has 0 amide bonds. The van der Waals surface area contributed by atoms with Crippen molar-refractivity contribution in [2.24, 2.45) is 11.8 Å².